The molecule has 0 aromatic carbocycles. The zero-order valence-electron chi connectivity index (χ0n) is 10.5. The monoisotopic (exact) mass is 307 g/mol. The molecular weight excluding hydrogens is 294 g/mol. The van der Waals surface area contributed by atoms with Gasteiger partial charge >= 0.3 is 11.9 Å². The number of methoxy groups -OCH3 is 1. The normalized spacial score (nSPS) is 13.0. The van der Waals surface area contributed by atoms with Gasteiger partial charge in [0.2, 0.25) is 10.0 Å². The molecule has 1 atom stereocenters. The molecular formula is C10H13NO6S2. The van der Waals surface area contributed by atoms with Crippen LogP contribution < -0.4 is 4.72 Å². The summed E-state index contributed by atoms with van der Waals surface area (Å²) in [6.07, 6.45) is 0. The minimum Gasteiger partial charge on any atom is -0.477 e. The van der Waals surface area contributed by atoms with Crippen LogP contribution in [0.2, 0.25) is 0 Å². The molecule has 0 saturated carbocycles. The molecule has 2 N–H and O–H groups in total. The third-order valence-electron chi connectivity index (χ3n) is 2.27. The fourth-order valence-corrected chi connectivity index (χ4v) is 4.25. The predicted molar refractivity (Wildman–Crippen MR) is 67.8 cm³/mol. The van der Waals surface area contributed by atoms with Crippen LogP contribution in [0.5, 0.6) is 0 Å². The Morgan fingerprint density at radius 3 is 2.53 bits per heavy atom. The summed E-state index contributed by atoms with van der Waals surface area (Å²) in [5, 5.41) is 10.4. The van der Waals surface area contributed by atoms with Gasteiger partial charge < -0.3 is 9.84 Å². The van der Waals surface area contributed by atoms with Crippen LogP contribution in [-0.4, -0.2) is 38.6 Å². The number of thiophene rings is 1. The highest BCUT2D eigenvalue weighted by atomic mass is 32.2. The Labute approximate surface area is 114 Å². The summed E-state index contributed by atoms with van der Waals surface area (Å²) in [6.45, 7) is 2.80. The van der Waals surface area contributed by atoms with Crippen molar-refractivity contribution in [3.8, 4) is 0 Å². The Kier molecular flexibility index (Phi) is 4.66. The van der Waals surface area contributed by atoms with Crippen molar-refractivity contribution in [1.82, 2.24) is 4.72 Å². The second kappa shape index (κ2) is 5.68. The van der Waals surface area contributed by atoms with E-state index in [0.29, 0.717) is 5.56 Å². The number of hydrogen-bond acceptors (Lipinski definition) is 6. The van der Waals surface area contributed by atoms with Crippen molar-refractivity contribution >= 4 is 33.3 Å². The number of carboxylic acids is 1. The first kappa shape index (κ1) is 15.6. The third-order valence-corrected chi connectivity index (χ3v) is 5.21. The Balaban J connectivity index is 3.18. The molecule has 7 nitrogen and oxygen atoms in total. The highest BCUT2D eigenvalue weighted by Gasteiger charge is 2.29. The van der Waals surface area contributed by atoms with E-state index in [1.807, 2.05) is 0 Å². The lowest BCUT2D eigenvalue weighted by molar-refractivity contribution is -0.142. The number of ether oxygens (including phenoxy) is 1. The number of rotatable bonds is 5. The average Bonchev–Trinajstić information content (AvgIpc) is 2.70. The van der Waals surface area contributed by atoms with Crippen molar-refractivity contribution in [2.45, 2.75) is 24.8 Å². The van der Waals surface area contributed by atoms with Crippen LogP contribution in [0.4, 0.5) is 0 Å². The van der Waals surface area contributed by atoms with E-state index in [2.05, 4.69) is 9.46 Å². The second-order valence-electron chi connectivity index (χ2n) is 3.75. The van der Waals surface area contributed by atoms with E-state index in [1.165, 1.54) is 19.2 Å². The molecule has 0 fully saturated rings. The lowest BCUT2D eigenvalue weighted by Crippen LogP contribution is -2.39. The number of carboxylic acid groups (broad SMARTS) is 1. The smallest absolute Gasteiger partial charge is 0.347 e. The van der Waals surface area contributed by atoms with Gasteiger partial charge in [0.05, 0.1) is 7.11 Å². The van der Waals surface area contributed by atoms with Crippen LogP contribution in [-0.2, 0) is 19.6 Å². The third kappa shape index (κ3) is 3.31. The van der Waals surface area contributed by atoms with E-state index in [9.17, 15) is 18.0 Å². The number of aryl methyl sites for hydroxylation is 1. The molecule has 0 aliphatic rings. The highest BCUT2D eigenvalue weighted by Crippen LogP contribution is 2.26. The van der Waals surface area contributed by atoms with Gasteiger partial charge in [-0.1, -0.05) is 0 Å². The Hall–Kier alpha value is -1.45. The van der Waals surface area contributed by atoms with Gasteiger partial charge in [-0.05, 0) is 24.8 Å². The van der Waals surface area contributed by atoms with Crippen LogP contribution in [0.1, 0.15) is 22.2 Å². The quantitative estimate of drug-likeness (QED) is 0.771. The number of aromatic carboxylic acids is 1. The number of esters is 1. The highest BCUT2D eigenvalue weighted by molar-refractivity contribution is 7.89. The first-order chi connectivity index (χ1) is 8.70. The SMILES string of the molecule is COC(=O)[C@H](C)NS(=O)(=O)c1c(C)csc1C(=O)O. The number of sulfonamides is 1. The zero-order valence-corrected chi connectivity index (χ0v) is 12.1. The Bertz CT molecular complexity index is 604. The minimum atomic E-state index is -4.10. The predicted octanol–water partition coefficient (Wildman–Crippen LogP) is 0.595. The summed E-state index contributed by atoms with van der Waals surface area (Å²) in [5.41, 5.74) is 0.312. The average molecular weight is 307 g/mol. The molecule has 1 aromatic rings. The lowest BCUT2D eigenvalue weighted by Gasteiger charge is -2.12. The summed E-state index contributed by atoms with van der Waals surface area (Å²) in [5.74, 6) is -2.09. The van der Waals surface area contributed by atoms with E-state index < -0.39 is 28.0 Å². The molecule has 1 aromatic heterocycles. The Morgan fingerprint density at radius 2 is 2.05 bits per heavy atom. The summed E-state index contributed by atoms with van der Waals surface area (Å²) in [7, 11) is -2.97. The molecule has 0 aliphatic heterocycles. The maximum atomic E-state index is 12.1. The summed E-state index contributed by atoms with van der Waals surface area (Å²) in [4.78, 5) is 21.6. The largest absolute Gasteiger partial charge is 0.477 e. The van der Waals surface area contributed by atoms with Gasteiger partial charge in [0.1, 0.15) is 15.8 Å². The number of nitrogens with one attached hydrogen (secondary N) is 1. The van der Waals surface area contributed by atoms with Crippen molar-refractivity contribution in [3.63, 3.8) is 0 Å². The van der Waals surface area contributed by atoms with E-state index in [0.717, 1.165) is 18.4 Å². The van der Waals surface area contributed by atoms with Crippen molar-refractivity contribution in [3.05, 3.63) is 15.8 Å². The van der Waals surface area contributed by atoms with E-state index in [4.69, 9.17) is 5.11 Å². The number of carbonyl (C=O) groups excluding carboxylic acids is 1. The molecule has 0 spiro atoms. The minimum absolute atomic E-state index is 0.290. The molecule has 19 heavy (non-hydrogen) atoms. The maximum absolute atomic E-state index is 12.1. The van der Waals surface area contributed by atoms with Crippen molar-refractivity contribution in [2.24, 2.45) is 0 Å². The van der Waals surface area contributed by atoms with Crippen molar-refractivity contribution in [1.29, 1.82) is 0 Å². The van der Waals surface area contributed by atoms with Gasteiger partial charge in [-0.25, -0.2) is 13.2 Å². The summed E-state index contributed by atoms with van der Waals surface area (Å²) >= 11 is 0.817. The summed E-state index contributed by atoms with van der Waals surface area (Å²) in [6, 6.07) is -1.10. The van der Waals surface area contributed by atoms with Crippen LogP contribution in [0.25, 0.3) is 0 Å². The van der Waals surface area contributed by atoms with Gasteiger partial charge in [0.15, 0.2) is 0 Å². The van der Waals surface area contributed by atoms with Crippen LogP contribution in [0.15, 0.2) is 10.3 Å². The number of carbonyl (C=O) groups is 2. The molecule has 0 saturated heterocycles. The molecule has 106 valence electrons. The first-order valence-electron chi connectivity index (χ1n) is 5.12. The molecule has 0 unspecified atom stereocenters. The van der Waals surface area contributed by atoms with Gasteiger partial charge in [-0.2, -0.15) is 4.72 Å². The van der Waals surface area contributed by atoms with Crippen LogP contribution in [0, 0.1) is 6.92 Å². The molecule has 1 heterocycles. The standard InChI is InChI=1S/C10H13NO6S2/c1-5-4-18-7(9(12)13)8(5)19(15,16)11-6(2)10(14)17-3/h4,6,11H,1-3H3,(H,12,13)/t6-/m0/s1. The first-order valence-corrected chi connectivity index (χ1v) is 7.48. The molecule has 9 heteroatoms. The second-order valence-corrected chi connectivity index (χ2v) is 6.28. The van der Waals surface area contributed by atoms with E-state index in [-0.39, 0.29) is 9.77 Å². The van der Waals surface area contributed by atoms with E-state index >= 15 is 0 Å². The van der Waals surface area contributed by atoms with Gasteiger partial charge in [-0.3, -0.25) is 4.79 Å². The van der Waals surface area contributed by atoms with Gasteiger partial charge in [-0.15, -0.1) is 11.3 Å². The van der Waals surface area contributed by atoms with Gasteiger partial charge in [0, 0.05) is 0 Å². The van der Waals surface area contributed by atoms with Crippen LogP contribution in [0.3, 0.4) is 0 Å². The molecule has 0 aliphatic carbocycles. The maximum Gasteiger partial charge on any atom is 0.347 e. The van der Waals surface area contributed by atoms with Gasteiger partial charge in [0.25, 0.3) is 0 Å². The molecule has 0 amide bonds. The molecule has 1 rings (SSSR count). The zero-order chi connectivity index (χ0) is 14.8. The molecule has 0 bridgehead atoms. The van der Waals surface area contributed by atoms with Crippen molar-refractivity contribution in [2.75, 3.05) is 7.11 Å². The summed E-state index contributed by atoms with van der Waals surface area (Å²) < 4.78 is 30.7. The van der Waals surface area contributed by atoms with Crippen LogP contribution >= 0.6 is 11.3 Å². The van der Waals surface area contributed by atoms with Crippen molar-refractivity contribution < 1.29 is 27.9 Å². The fraction of sp³-hybridized carbons (Fsp3) is 0.400. The fourth-order valence-electron chi connectivity index (χ4n) is 1.43. The molecule has 0 radical (unpaired) electrons. The number of hydrogen-bond donors (Lipinski definition) is 2. The lowest BCUT2D eigenvalue weighted by atomic mass is 10.3. The topological polar surface area (TPSA) is 110 Å². The Morgan fingerprint density at radius 1 is 1.47 bits per heavy atom. The van der Waals surface area contributed by atoms with E-state index in [1.54, 1.807) is 0 Å².